The molecular formula is C17H17N2+. The molecule has 0 unspecified atom stereocenters. The average molecular weight is 249 g/mol. The van der Waals surface area contributed by atoms with E-state index in [4.69, 9.17) is 0 Å². The van der Waals surface area contributed by atoms with Gasteiger partial charge in [-0.1, -0.05) is 30.3 Å². The van der Waals surface area contributed by atoms with Gasteiger partial charge in [0.1, 0.15) is 5.69 Å². The molecule has 0 atom stereocenters. The van der Waals surface area contributed by atoms with Crippen LogP contribution in [0.5, 0.6) is 0 Å². The lowest BCUT2D eigenvalue weighted by molar-refractivity contribution is -0.662. The van der Waals surface area contributed by atoms with Gasteiger partial charge in [-0.25, -0.2) is 4.57 Å². The molecule has 0 fully saturated rings. The lowest BCUT2D eigenvalue weighted by atomic mass is 10.0. The molecule has 1 heterocycles. The van der Waals surface area contributed by atoms with E-state index >= 15 is 0 Å². The Labute approximate surface area is 113 Å². The summed E-state index contributed by atoms with van der Waals surface area (Å²) < 4.78 is 2.10. The van der Waals surface area contributed by atoms with Crippen LogP contribution in [0.3, 0.4) is 0 Å². The van der Waals surface area contributed by atoms with Crippen molar-refractivity contribution in [2.24, 2.45) is 7.05 Å². The summed E-state index contributed by atoms with van der Waals surface area (Å²) in [7, 11) is 2.05. The van der Waals surface area contributed by atoms with Gasteiger partial charge in [0.05, 0.1) is 12.4 Å². The zero-order valence-electron chi connectivity index (χ0n) is 11.5. The van der Waals surface area contributed by atoms with Gasteiger partial charge in [0, 0.05) is 5.56 Å². The molecule has 0 radical (unpaired) electrons. The van der Waals surface area contributed by atoms with Crippen LogP contribution in [-0.2, 0) is 7.05 Å². The van der Waals surface area contributed by atoms with Gasteiger partial charge in [0.15, 0.2) is 5.52 Å². The third-order valence-corrected chi connectivity index (χ3v) is 3.53. The molecule has 19 heavy (non-hydrogen) atoms. The molecular weight excluding hydrogens is 232 g/mol. The number of benzene rings is 2. The Morgan fingerprint density at radius 3 is 2.58 bits per heavy atom. The van der Waals surface area contributed by atoms with Crippen molar-refractivity contribution < 1.29 is 4.57 Å². The first-order valence-corrected chi connectivity index (χ1v) is 6.48. The smallest absolute Gasteiger partial charge is 0.232 e. The predicted molar refractivity (Wildman–Crippen MR) is 77.8 cm³/mol. The summed E-state index contributed by atoms with van der Waals surface area (Å²) in [5.74, 6) is 0. The summed E-state index contributed by atoms with van der Waals surface area (Å²) in [6.45, 7) is 4.25. The van der Waals surface area contributed by atoms with Gasteiger partial charge in [-0.05, 0) is 42.1 Å². The highest BCUT2D eigenvalue weighted by Crippen LogP contribution is 2.26. The van der Waals surface area contributed by atoms with E-state index in [-0.39, 0.29) is 0 Å². The van der Waals surface area contributed by atoms with Crippen molar-refractivity contribution in [2.45, 2.75) is 13.8 Å². The fourth-order valence-electron chi connectivity index (χ4n) is 2.52. The molecule has 2 nitrogen and oxygen atoms in total. The topological polar surface area (TPSA) is 16.8 Å². The van der Waals surface area contributed by atoms with E-state index in [1.807, 2.05) is 13.4 Å². The number of aryl methyl sites for hydroxylation is 3. The van der Waals surface area contributed by atoms with Crippen molar-refractivity contribution >= 4 is 10.9 Å². The first-order valence-electron chi connectivity index (χ1n) is 6.48. The van der Waals surface area contributed by atoms with Crippen LogP contribution >= 0.6 is 0 Å². The Balaban J connectivity index is 2.40. The predicted octanol–water partition coefficient (Wildman–Crippen LogP) is 3.34. The maximum absolute atomic E-state index is 4.52. The summed E-state index contributed by atoms with van der Waals surface area (Å²) in [5, 5.41) is 1.20. The Morgan fingerprint density at radius 2 is 1.79 bits per heavy atom. The van der Waals surface area contributed by atoms with Gasteiger partial charge in [-0.3, -0.25) is 0 Å². The van der Waals surface area contributed by atoms with E-state index in [0.29, 0.717) is 0 Å². The molecule has 0 N–H and O–H groups in total. The third kappa shape index (κ3) is 1.99. The summed E-state index contributed by atoms with van der Waals surface area (Å²) in [6, 6.07) is 14.9. The van der Waals surface area contributed by atoms with Crippen LogP contribution < -0.4 is 4.57 Å². The van der Waals surface area contributed by atoms with Crippen LogP contribution in [0.25, 0.3) is 22.2 Å². The van der Waals surface area contributed by atoms with Crippen LogP contribution in [0.2, 0.25) is 0 Å². The lowest BCUT2D eigenvalue weighted by Gasteiger charge is -2.08. The molecule has 0 aliphatic heterocycles. The summed E-state index contributed by atoms with van der Waals surface area (Å²) in [6.07, 6.45) is 1.89. The maximum atomic E-state index is 4.52. The fourth-order valence-corrected chi connectivity index (χ4v) is 2.52. The largest absolute Gasteiger partial charge is 0.287 e. The third-order valence-electron chi connectivity index (χ3n) is 3.53. The zero-order chi connectivity index (χ0) is 13.4. The normalized spacial score (nSPS) is 10.9. The van der Waals surface area contributed by atoms with Gasteiger partial charge >= 0.3 is 0 Å². The molecule has 0 saturated heterocycles. The second-order valence-electron chi connectivity index (χ2n) is 5.04. The van der Waals surface area contributed by atoms with E-state index in [1.165, 1.54) is 27.8 Å². The van der Waals surface area contributed by atoms with Gasteiger partial charge in [0.25, 0.3) is 6.33 Å². The average Bonchev–Trinajstić information content (AvgIpc) is 2.40. The van der Waals surface area contributed by atoms with Crippen molar-refractivity contribution in [3.8, 4) is 11.3 Å². The quantitative estimate of drug-likeness (QED) is 0.604. The minimum atomic E-state index is 1.05. The van der Waals surface area contributed by atoms with Crippen molar-refractivity contribution in [1.82, 2.24) is 4.98 Å². The highest BCUT2D eigenvalue weighted by atomic mass is 15.0. The first kappa shape index (κ1) is 11.8. The SMILES string of the molecule is Cc1ccc2c(-c3ccccc3C)[n+](C)cnc2c1. The molecule has 94 valence electrons. The highest BCUT2D eigenvalue weighted by molar-refractivity contribution is 5.91. The van der Waals surface area contributed by atoms with Gasteiger partial charge < -0.3 is 0 Å². The standard InChI is InChI=1S/C17H17N2/c1-12-8-9-15-16(10-12)18-11-19(3)17(15)14-7-5-4-6-13(14)2/h4-11H,1-3H3/q+1. The van der Waals surface area contributed by atoms with E-state index in [1.54, 1.807) is 0 Å². The number of aromatic nitrogens is 2. The zero-order valence-corrected chi connectivity index (χ0v) is 11.5. The number of hydrogen-bond acceptors (Lipinski definition) is 1. The Hall–Kier alpha value is -2.22. The molecule has 3 rings (SSSR count). The fraction of sp³-hybridized carbons (Fsp3) is 0.176. The Kier molecular flexibility index (Phi) is 2.79. The number of hydrogen-bond donors (Lipinski definition) is 0. The van der Waals surface area contributed by atoms with Crippen molar-refractivity contribution in [1.29, 1.82) is 0 Å². The minimum Gasteiger partial charge on any atom is -0.232 e. The van der Waals surface area contributed by atoms with Crippen molar-refractivity contribution in [3.63, 3.8) is 0 Å². The van der Waals surface area contributed by atoms with E-state index in [0.717, 1.165) is 5.52 Å². The maximum Gasteiger partial charge on any atom is 0.287 e. The van der Waals surface area contributed by atoms with E-state index in [2.05, 4.69) is 65.9 Å². The van der Waals surface area contributed by atoms with Gasteiger partial charge in [-0.2, -0.15) is 0 Å². The van der Waals surface area contributed by atoms with E-state index in [9.17, 15) is 0 Å². The monoisotopic (exact) mass is 249 g/mol. The first-order chi connectivity index (χ1) is 9.16. The number of nitrogens with zero attached hydrogens (tertiary/aromatic N) is 2. The molecule has 0 bridgehead atoms. The molecule has 1 aromatic heterocycles. The molecule has 2 heteroatoms. The second-order valence-corrected chi connectivity index (χ2v) is 5.04. The molecule has 0 aliphatic carbocycles. The van der Waals surface area contributed by atoms with Crippen LogP contribution in [0.4, 0.5) is 0 Å². The van der Waals surface area contributed by atoms with Crippen molar-refractivity contribution in [3.05, 3.63) is 59.9 Å². The molecule has 3 aromatic rings. The van der Waals surface area contributed by atoms with Crippen LogP contribution in [0.15, 0.2) is 48.8 Å². The van der Waals surface area contributed by atoms with E-state index < -0.39 is 0 Å². The second kappa shape index (κ2) is 4.47. The van der Waals surface area contributed by atoms with Crippen LogP contribution in [0, 0.1) is 13.8 Å². The molecule has 0 spiro atoms. The van der Waals surface area contributed by atoms with Crippen molar-refractivity contribution in [2.75, 3.05) is 0 Å². The number of fused-ring (bicyclic) bond motifs is 1. The molecule has 0 amide bonds. The minimum absolute atomic E-state index is 1.05. The van der Waals surface area contributed by atoms with Gasteiger partial charge in [-0.15, -0.1) is 0 Å². The summed E-state index contributed by atoms with van der Waals surface area (Å²) in [4.78, 5) is 4.52. The van der Waals surface area contributed by atoms with Crippen LogP contribution in [0.1, 0.15) is 11.1 Å². The Bertz CT molecular complexity index is 760. The van der Waals surface area contributed by atoms with Gasteiger partial charge in [0.2, 0.25) is 0 Å². The molecule has 2 aromatic carbocycles. The number of rotatable bonds is 1. The highest BCUT2D eigenvalue weighted by Gasteiger charge is 2.15. The van der Waals surface area contributed by atoms with Crippen LogP contribution in [-0.4, -0.2) is 4.98 Å². The Morgan fingerprint density at radius 1 is 1.00 bits per heavy atom. The summed E-state index contributed by atoms with van der Waals surface area (Å²) >= 11 is 0. The summed E-state index contributed by atoms with van der Waals surface area (Å²) in [5.41, 5.74) is 6.07. The molecule has 0 saturated carbocycles. The lowest BCUT2D eigenvalue weighted by Crippen LogP contribution is -2.31. The molecule has 0 aliphatic rings.